The summed E-state index contributed by atoms with van der Waals surface area (Å²) in [6, 6.07) is 7.63. The summed E-state index contributed by atoms with van der Waals surface area (Å²) < 4.78 is 29.0. The lowest BCUT2D eigenvalue weighted by Gasteiger charge is -1.98. The number of benzene rings is 1. The van der Waals surface area contributed by atoms with Crippen LogP contribution in [0.2, 0.25) is 0 Å². The maximum Gasteiger partial charge on any atom is 0.139 e. The predicted octanol–water partition coefficient (Wildman–Crippen LogP) is 4.04. The number of hydrogen-bond donors (Lipinski definition) is 0. The third-order valence-corrected chi connectivity index (χ3v) is 3.12. The van der Waals surface area contributed by atoms with Crippen LogP contribution < -0.4 is 0 Å². The highest BCUT2D eigenvalue weighted by Gasteiger charge is 2.10. The molecule has 2 nitrogen and oxygen atoms in total. The Hall–Kier alpha value is -1.75. The summed E-state index contributed by atoms with van der Waals surface area (Å²) in [4.78, 5) is 4.26. The molecular formula is C13H7BrF2N2. The van der Waals surface area contributed by atoms with Gasteiger partial charge in [-0.25, -0.2) is 13.8 Å². The van der Waals surface area contributed by atoms with Crippen molar-refractivity contribution in [3.63, 3.8) is 0 Å². The first-order valence-corrected chi connectivity index (χ1v) is 6.02. The fourth-order valence-corrected chi connectivity index (χ4v) is 2.12. The van der Waals surface area contributed by atoms with Gasteiger partial charge in [-0.1, -0.05) is 15.9 Å². The molecular weight excluding hydrogens is 302 g/mol. The van der Waals surface area contributed by atoms with Crippen molar-refractivity contribution in [3.05, 3.63) is 58.8 Å². The van der Waals surface area contributed by atoms with E-state index in [9.17, 15) is 8.78 Å². The molecule has 0 saturated carbocycles. The fourth-order valence-electron chi connectivity index (χ4n) is 1.79. The van der Waals surface area contributed by atoms with E-state index in [1.54, 1.807) is 24.4 Å². The van der Waals surface area contributed by atoms with Crippen LogP contribution in [0.4, 0.5) is 8.78 Å². The normalized spacial score (nSPS) is 11.1. The van der Waals surface area contributed by atoms with Gasteiger partial charge in [-0.2, -0.15) is 0 Å². The Kier molecular flexibility index (Phi) is 2.63. The molecule has 0 aliphatic heterocycles. The van der Waals surface area contributed by atoms with Gasteiger partial charge in [-0.05, 0) is 30.3 Å². The van der Waals surface area contributed by atoms with Gasteiger partial charge in [0.2, 0.25) is 0 Å². The van der Waals surface area contributed by atoms with Crippen molar-refractivity contribution in [2.75, 3.05) is 0 Å². The Labute approximate surface area is 110 Å². The second-order valence-corrected chi connectivity index (χ2v) is 4.78. The van der Waals surface area contributed by atoms with Crippen LogP contribution in [0.1, 0.15) is 0 Å². The van der Waals surface area contributed by atoms with E-state index in [-0.39, 0.29) is 11.6 Å². The highest BCUT2D eigenvalue weighted by molar-refractivity contribution is 9.10. The molecule has 0 saturated heterocycles. The van der Waals surface area contributed by atoms with Crippen LogP contribution in [0.15, 0.2) is 47.2 Å². The molecule has 0 spiro atoms. The third kappa shape index (κ3) is 1.90. The van der Waals surface area contributed by atoms with Gasteiger partial charge in [-0.15, -0.1) is 0 Å². The number of pyridine rings is 1. The predicted molar refractivity (Wildman–Crippen MR) is 68.2 cm³/mol. The van der Waals surface area contributed by atoms with Gasteiger partial charge < -0.3 is 4.40 Å². The average molecular weight is 309 g/mol. The first kappa shape index (κ1) is 11.3. The monoisotopic (exact) mass is 308 g/mol. The zero-order chi connectivity index (χ0) is 12.7. The lowest BCUT2D eigenvalue weighted by molar-refractivity contribution is 0.619. The summed E-state index contributed by atoms with van der Waals surface area (Å²) >= 11 is 3.20. The van der Waals surface area contributed by atoms with Crippen LogP contribution in [-0.2, 0) is 0 Å². The van der Waals surface area contributed by atoms with Crippen LogP contribution in [0, 0.1) is 11.6 Å². The Morgan fingerprint density at radius 2 is 1.89 bits per heavy atom. The van der Waals surface area contributed by atoms with Crippen molar-refractivity contribution in [3.8, 4) is 11.3 Å². The van der Waals surface area contributed by atoms with E-state index in [0.29, 0.717) is 21.4 Å². The van der Waals surface area contributed by atoms with Gasteiger partial charge in [-0.3, -0.25) is 0 Å². The Balaban J connectivity index is 2.19. The van der Waals surface area contributed by atoms with Crippen LogP contribution >= 0.6 is 15.9 Å². The number of aromatic nitrogens is 2. The van der Waals surface area contributed by atoms with E-state index in [0.717, 1.165) is 0 Å². The number of fused-ring (bicyclic) bond motifs is 1. The van der Waals surface area contributed by atoms with Crippen molar-refractivity contribution in [1.29, 1.82) is 0 Å². The largest absolute Gasteiger partial charge is 0.304 e. The molecule has 5 heteroatoms. The average Bonchev–Trinajstić information content (AvgIpc) is 2.71. The van der Waals surface area contributed by atoms with Crippen LogP contribution in [0.3, 0.4) is 0 Å². The molecule has 3 aromatic rings. The summed E-state index contributed by atoms with van der Waals surface area (Å²) in [6.45, 7) is 0. The number of halogens is 3. The lowest BCUT2D eigenvalue weighted by Crippen LogP contribution is -1.83. The molecule has 90 valence electrons. The summed E-state index contributed by atoms with van der Waals surface area (Å²) in [5.41, 5.74) is 1.45. The van der Waals surface area contributed by atoms with E-state index in [4.69, 9.17) is 0 Å². The van der Waals surface area contributed by atoms with E-state index in [2.05, 4.69) is 20.9 Å². The molecule has 0 unspecified atom stereocenters. The smallest absolute Gasteiger partial charge is 0.139 e. The highest BCUT2D eigenvalue weighted by Crippen LogP contribution is 2.25. The second kappa shape index (κ2) is 4.17. The van der Waals surface area contributed by atoms with Gasteiger partial charge in [0.1, 0.15) is 17.3 Å². The quantitative estimate of drug-likeness (QED) is 0.663. The molecule has 0 aliphatic rings. The second-order valence-electron chi connectivity index (χ2n) is 3.86. The Morgan fingerprint density at radius 3 is 2.67 bits per heavy atom. The van der Waals surface area contributed by atoms with E-state index >= 15 is 0 Å². The minimum atomic E-state index is -0.367. The number of hydrogen-bond acceptors (Lipinski definition) is 1. The molecule has 3 rings (SSSR count). The van der Waals surface area contributed by atoms with Gasteiger partial charge in [0.15, 0.2) is 0 Å². The van der Waals surface area contributed by atoms with E-state index in [1.807, 2.05) is 0 Å². The molecule has 0 fully saturated rings. The van der Waals surface area contributed by atoms with Crippen LogP contribution in [0.5, 0.6) is 0 Å². The lowest BCUT2D eigenvalue weighted by atomic mass is 10.1. The summed E-state index contributed by atoms with van der Waals surface area (Å²) in [7, 11) is 0. The van der Waals surface area contributed by atoms with Crippen LogP contribution in [-0.4, -0.2) is 9.38 Å². The third-order valence-electron chi connectivity index (χ3n) is 2.62. The molecule has 0 N–H and O–H groups in total. The first-order valence-electron chi connectivity index (χ1n) is 5.23. The molecule has 0 bridgehead atoms. The molecule has 2 heterocycles. The maximum absolute atomic E-state index is 13.8. The first-order chi connectivity index (χ1) is 8.63. The molecule has 1 aromatic carbocycles. The van der Waals surface area contributed by atoms with Crippen molar-refractivity contribution in [1.82, 2.24) is 9.38 Å². The topological polar surface area (TPSA) is 17.3 Å². The minimum Gasteiger partial charge on any atom is -0.304 e. The Bertz CT molecular complexity index is 737. The molecule has 0 amide bonds. The summed E-state index contributed by atoms with van der Waals surface area (Å²) in [5.74, 6) is -0.726. The number of nitrogens with zero attached hydrogens (tertiary/aromatic N) is 2. The van der Waals surface area contributed by atoms with Gasteiger partial charge in [0, 0.05) is 22.4 Å². The van der Waals surface area contributed by atoms with Crippen molar-refractivity contribution in [2.45, 2.75) is 0 Å². The molecule has 18 heavy (non-hydrogen) atoms. The van der Waals surface area contributed by atoms with Crippen molar-refractivity contribution in [2.24, 2.45) is 0 Å². The van der Waals surface area contributed by atoms with Crippen molar-refractivity contribution < 1.29 is 8.78 Å². The molecule has 0 atom stereocenters. The SMILES string of the molecule is Fc1ccc2nc(-c3ccc(Br)cc3F)cn2c1. The number of rotatable bonds is 1. The minimum absolute atomic E-state index is 0.359. The molecule has 2 aromatic heterocycles. The molecule has 0 radical (unpaired) electrons. The standard InChI is InChI=1S/C13H7BrF2N2/c14-8-1-3-10(11(16)5-8)12-7-18-6-9(15)2-4-13(18)17-12/h1-7H. The summed E-state index contributed by atoms with van der Waals surface area (Å²) in [6.07, 6.45) is 2.91. The van der Waals surface area contributed by atoms with Crippen molar-refractivity contribution >= 4 is 21.6 Å². The number of imidazole rings is 1. The van der Waals surface area contributed by atoms with E-state index in [1.165, 1.54) is 22.7 Å². The highest BCUT2D eigenvalue weighted by atomic mass is 79.9. The van der Waals surface area contributed by atoms with E-state index < -0.39 is 0 Å². The Morgan fingerprint density at radius 1 is 1.06 bits per heavy atom. The summed E-state index contributed by atoms with van der Waals surface area (Å²) in [5, 5.41) is 0. The van der Waals surface area contributed by atoms with Gasteiger partial charge in [0.05, 0.1) is 5.69 Å². The fraction of sp³-hybridized carbons (Fsp3) is 0. The van der Waals surface area contributed by atoms with Gasteiger partial charge in [0.25, 0.3) is 0 Å². The maximum atomic E-state index is 13.8. The zero-order valence-corrected chi connectivity index (χ0v) is 10.7. The van der Waals surface area contributed by atoms with Crippen LogP contribution in [0.25, 0.3) is 16.9 Å². The van der Waals surface area contributed by atoms with Gasteiger partial charge >= 0.3 is 0 Å². The zero-order valence-electron chi connectivity index (χ0n) is 9.07. The molecule has 0 aliphatic carbocycles.